The quantitative estimate of drug-likeness (QED) is 0.942. The lowest BCUT2D eigenvalue weighted by atomic mass is 10.6. The Hall–Kier alpha value is -0.920. The molecule has 0 aliphatic carbocycles. The summed E-state index contributed by atoms with van der Waals surface area (Å²) in [4.78, 5) is 16.9. The molecule has 0 aromatic carbocycles. The van der Waals surface area contributed by atoms with Gasteiger partial charge in [0.15, 0.2) is 5.13 Å². The third-order valence-electron chi connectivity index (χ3n) is 1.88. The molecule has 0 saturated carbocycles. The third kappa shape index (κ3) is 2.26. The summed E-state index contributed by atoms with van der Waals surface area (Å²) in [6.45, 7) is 0. The SMILES string of the molecule is CN(c1cc(Br)cs1)c1ncc(C(=O)O)s1. The van der Waals surface area contributed by atoms with Crippen LogP contribution in [0.1, 0.15) is 9.67 Å². The van der Waals surface area contributed by atoms with E-state index in [-0.39, 0.29) is 4.88 Å². The molecule has 16 heavy (non-hydrogen) atoms. The Balaban J connectivity index is 2.26. The third-order valence-corrected chi connectivity index (χ3v) is 4.70. The Morgan fingerprint density at radius 1 is 1.62 bits per heavy atom. The van der Waals surface area contributed by atoms with E-state index in [2.05, 4.69) is 20.9 Å². The van der Waals surface area contributed by atoms with Crippen LogP contribution in [-0.2, 0) is 0 Å². The number of hydrogen-bond acceptors (Lipinski definition) is 5. The smallest absolute Gasteiger partial charge is 0.347 e. The van der Waals surface area contributed by atoms with Crippen molar-refractivity contribution in [2.75, 3.05) is 11.9 Å². The molecule has 0 saturated heterocycles. The average molecular weight is 319 g/mol. The minimum absolute atomic E-state index is 0.248. The second kappa shape index (κ2) is 4.52. The molecule has 0 unspecified atom stereocenters. The van der Waals surface area contributed by atoms with Crippen molar-refractivity contribution < 1.29 is 9.90 Å². The molecule has 7 heteroatoms. The van der Waals surface area contributed by atoms with Crippen LogP contribution in [0.5, 0.6) is 0 Å². The Morgan fingerprint density at radius 2 is 2.38 bits per heavy atom. The van der Waals surface area contributed by atoms with Gasteiger partial charge < -0.3 is 10.0 Å². The fourth-order valence-corrected chi connectivity index (χ4v) is 3.27. The first-order valence-corrected chi connectivity index (χ1v) is 6.73. The van der Waals surface area contributed by atoms with E-state index in [9.17, 15) is 4.79 Å². The van der Waals surface area contributed by atoms with Crippen molar-refractivity contribution in [1.29, 1.82) is 0 Å². The van der Waals surface area contributed by atoms with E-state index in [0.29, 0.717) is 5.13 Å². The number of carbonyl (C=O) groups is 1. The highest BCUT2D eigenvalue weighted by molar-refractivity contribution is 9.10. The lowest BCUT2D eigenvalue weighted by molar-refractivity contribution is 0.0702. The van der Waals surface area contributed by atoms with Crippen molar-refractivity contribution in [3.63, 3.8) is 0 Å². The van der Waals surface area contributed by atoms with Crippen molar-refractivity contribution in [1.82, 2.24) is 4.98 Å². The molecule has 0 spiro atoms. The van der Waals surface area contributed by atoms with Gasteiger partial charge in [0.05, 0.1) is 11.2 Å². The summed E-state index contributed by atoms with van der Waals surface area (Å²) < 4.78 is 1.01. The Bertz CT molecular complexity index is 523. The fourth-order valence-electron chi connectivity index (χ4n) is 1.09. The lowest BCUT2D eigenvalue weighted by Gasteiger charge is -2.12. The second-order valence-electron chi connectivity index (χ2n) is 2.97. The molecule has 2 heterocycles. The Morgan fingerprint density at radius 3 is 2.88 bits per heavy atom. The number of hydrogen-bond donors (Lipinski definition) is 1. The standard InChI is InChI=1S/C9H7BrN2O2S2/c1-12(7-2-5(10)4-15-7)9-11-3-6(16-9)8(13)14/h2-4H,1H3,(H,13,14). The van der Waals surface area contributed by atoms with Gasteiger partial charge in [-0.05, 0) is 22.0 Å². The molecule has 84 valence electrons. The van der Waals surface area contributed by atoms with Gasteiger partial charge in [-0.2, -0.15) is 0 Å². The van der Waals surface area contributed by atoms with Crippen LogP contribution in [0.25, 0.3) is 0 Å². The Kier molecular flexibility index (Phi) is 3.27. The molecular formula is C9H7BrN2O2S2. The number of thiophene rings is 1. The maximum Gasteiger partial charge on any atom is 0.347 e. The predicted molar refractivity (Wildman–Crippen MR) is 69.2 cm³/mol. The molecule has 0 radical (unpaired) electrons. The van der Waals surface area contributed by atoms with E-state index in [1.807, 2.05) is 23.4 Å². The Labute approximate surface area is 108 Å². The monoisotopic (exact) mass is 318 g/mol. The number of aromatic carboxylic acids is 1. The van der Waals surface area contributed by atoms with Gasteiger partial charge in [0, 0.05) is 16.9 Å². The van der Waals surface area contributed by atoms with E-state index >= 15 is 0 Å². The van der Waals surface area contributed by atoms with E-state index < -0.39 is 5.97 Å². The van der Waals surface area contributed by atoms with Crippen LogP contribution in [0.4, 0.5) is 10.1 Å². The van der Waals surface area contributed by atoms with Gasteiger partial charge in [-0.15, -0.1) is 11.3 Å². The van der Waals surface area contributed by atoms with Gasteiger partial charge in [0.25, 0.3) is 0 Å². The van der Waals surface area contributed by atoms with Gasteiger partial charge in [-0.3, -0.25) is 0 Å². The number of carboxylic acids is 1. The molecule has 0 amide bonds. The molecule has 0 fully saturated rings. The van der Waals surface area contributed by atoms with Crippen LogP contribution in [0, 0.1) is 0 Å². The summed E-state index contributed by atoms with van der Waals surface area (Å²) in [5.41, 5.74) is 0. The zero-order valence-electron chi connectivity index (χ0n) is 8.18. The van der Waals surface area contributed by atoms with Crippen LogP contribution in [0.3, 0.4) is 0 Å². The molecule has 2 aromatic rings. The highest BCUT2D eigenvalue weighted by Crippen LogP contribution is 2.34. The minimum atomic E-state index is -0.940. The molecule has 0 bridgehead atoms. The van der Waals surface area contributed by atoms with Crippen LogP contribution < -0.4 is 4.90 Å². The molecule has 2 aromatic heterocycles. The average Bonchev–Trinajstić information content (AvgIpc) is 2.84. The van der Waals surface area contributed by atoms with Crippen molar-refractivity contribution in [2.45, 2.75) is 0 Å². The molecular weight excluding hydrogens is 312 g/mol. The summed E-state index contributed by atoms with van der Waals surface area (Å²) in [6.07, 6.45) is 1.38. The first-order chi connectivity index (χ1) is 7.58. The van der Waals surface area contributed by atoms with Gasteiger partial charge in [-0.1, -0.05) is 11.3 Å². The summed E-state index contributed by atoms with van der Waals surface area (Å²) >= 11 is 6.10. The van der Waals surface area contributed by atoms with Crippen molar-refractivity contribution in [3.8, 4) is 0 Å². The summed E-state index contributed by atoms with van der Waals surface area (Å²) in [5.74, 6) is -0.940. The normalized spacial score (nSPS) is 10.4. The number of anilines is 2. The first kappa shape index (κ1) is 11.6. The van der Waals surface area contributed by atoms with Crippen molar-refractivity contribution in [3.05, 3.63) is 27.0 Å². The summed E-state index contributed by atoms with van der Waals surface area (Å²) in [5, 5.41) is 12.5. The van der Waals surface area contributed by atoms with Crippen molar-refractivity contribution in [2.24, 2.45) is 0 Å². The van der Waals surface area contributed by atoms with Crippen LogP contribution >= 0.6 is 38.6 Å². The zero-order chi connectivity index (χ0) is 11.7. The molecule has 1 N–H and O–H groups in total. The number of carboxylic acid groups (broad SMARTS) is 1. The van der Waals surface area contributed by atoms with Gasteiger partial charge in [0.1, 0.15) is 4.88 Å². The molecule has 0 aliphatic rings. The molecule has 0 aliphatic heterocycles. The minimum Gasteiger partial charge on any atom is -0.477 e. The zero-order valence-corrected chi connectivity index (χ0v) is 11.4. The fraction of sp³-hybridized carbons (Fsp3) is 0.111. The van der Waals surface area contributed by atoms with Gasteiger partial charge in [0.2, 0.25) is 0 Å². The second-order valence-corrected chi connectivity index (χ2v) is 5.79. The van der Waals surface area contributed by atoms with Gasteiger partial charge >= 0.3 is 5.97 Å². The van der Waals surface area contributed by atoms with E-state index in [0.717, 1.165) is 20.8 Å². The van der Waals surface area contributed by atoms with Crippen LogP contribution in [0.2, 0.25) is 0 Å². The summed E-state index contributed by atoms with van der Waals surface area (Å²) in [7, 11) is 1.86. The van der Waals surface area contributed by atoms with E-state index in [1.54, 1.807) is 11.3 Å². The number of rotatable bonds is 3. The van der Waals surface area contributed by atoms with Crippen LogP contribution in [-0.4, -0.2) is 23.1 Å². The molecule has 2 rings (SSSR count). The van der Waals surface area contributed by atoms with E-state index in [4.69, 9.17) is 5.11 Å². The number of thiazole rings is 1. The highest BCUT2D eigenvalue weighted by Gasteiger charge is 2.13. The van der Waals surface area contributed by atoms with Gasteiger partial charge in [-0.25, -0.2) is 9.78 Å². The predicted octanol–water partition coefficient (Wildman–Crippen LogP) is 3.43. The number of nitrogens with zero attached hydrogens (tertiary/aromatic N) is 2. The highest BCUT2D eigenvalue weighted by atomic mass is 79.9. The van der Waals surface area contributed by atoms with Crippen molar-refractivity contribution >= 4 is 54.7 Å². The number of halogens is 1. The maximum absolute atomic E-state index is 10.7. The topological polar surface area (TPSA) is 53.4 Å². The lowest BCUT2D eigenvalue weighted by Crippen LogP contribution is -2.06. The maximum atomic E-state index is 10.7. The first-order valence-electron chi connectivity index (χ1n) is 4.25. The number of aromatic nitrogens is 1. The largest absolute Gasteiger partial charge is 0.477 e. The molecule has 4 nitrogen and oxygen atoms in total. The van der Waals surface area contributed by atoms with Crippen LogP contribution in [0.15, 0.2) is 22.1 Å². The van der Waals surface area contributed by atoms with E-state index in [1.165, 1.54) is 6.20 Å². The molecule has 0 atom stereocenters. The summed E-state index contributed by atoms with van der Waals surface area (Å²) in [6, 6.07) is 1.96.